The van der Waals surface area contributed by atoms with Crippen molar-refractivity contribution in [3.8, 4) is 10.6 Å². The van der Waals surface area contributed by atoms with Crippen LogP contribution in [0.2, 0.25) is 0 Å². The van der Waals surface area contributed by atoms with Crippen LogP contribution >= 0.6 is 11.3 Å². The smallest absolute Gasteiger partial charge is 0.368 e. The van der Waals surface area contributed by atoms with Gasteiger partial charge in [-0.2, -0.15) is 13.2 Å². The van der Waals surface area contributed by atoms with Gasteiger partial charge in [-0.05, 0) is 49.4 Å². The number of aromatic nitrogens is 1. The van der Waals surface area contributed by atoms with E-state index in [9.17, 15) is 26.4 Å². The van der Waals surface area contributed by atoms with Crippen LogP contribution in [-0.2, 0) is 16.0 Å². The van der Waals surface area contributed by atoms with E-state index in [2.05, 4.69) is 4.98 Å². The van der Waals surface area contributed by atoms with E-state index >= 15 is 0 Å². The van der Waals surface area contributed by atoms with Crippen molar-refractivity contribution >= 4 is 32.8 Å². The second-order valence-corrected chi connectivity index (χ2v) is 11.0. The van der Waals surface area contributed by atoms with Crippen LogP contribution < -0.4 is 4.90 Å². The van der Waals surface area contributed by atoms with Crippen molar-refractivity contribution in [3.05, 3.63) is 64.7 Å². The number of thiazole rings is 1. The fourth-order valence-corrected chi connectivity index (χ4v) is 5.28. The Kier molecular flexibility index (Phi) is 6.43. The van der Waals surface area contributed by atoms with Gasteiger partial charge in [0.15, 0.2) is 9.84 Å². The lowest BCUT2D eigenvalue weighted by molar-refractivity contribution is -0.137. The van der Waals surface area contributed by atoms with Crippen molar-refractivity contribution in [1.82, 2.24) is 9.88 Å². The van der Waals surface area contributed by atoms with E-state index in [1.165, 1.54) is 35.6 Å². The number of halogens is 3. The highest BCUT2D eigenvalue weighted by molar-refractivity contribution is 7.90. The molecule has 6 nitrogen and oxygen atoms in total. The predicted octanol–water partition coefficient (Wildman–Crippen LogP) is 4.50. The third-order valence-corrected chi connectivity index (χ3v) is 7.73. The van der Waals surface area contributed by atoms with Crippen LogP contribution in [0.25, 0.3) is 10.6 Å². The van der Waals surface area contributed by atoms with Crippen molar-refractivity contribution < 1.29 is 26.4 Å². The summed E-state index contributed by atoms with van der Waals surface area (Å²) in [6, 6.07) is 9.43. The van der Waals surface area contributed by atoms with Gasteiger partial charge < -0.3 is 9.80 Å². The molecule has 180 valence electrons. The van der Waals surface area contributed by atoms with Gasteiger partial charge in [0.1, 0.15) is 5.01 Å². The zero-order valence-electron chi connectivity index (χ0n) is 18.5. The summed E-state index contributed by atoms with van der Waals surface area (Å²) >= 11 is 1.38. The fraction of sp³-hybridized carbons (Fsp3) is 0.304. The number of rotatable bonds is 4. The van der Waals surface area contributed by atoms with E-state index in [4.69, 9.17) is 0 Å². The molecule has 11 heteroatoms. The number of piperazine rings is 1. The number of hydrogen-bond donors (Lipinski definition) is 0. The lowest BCUT2D eigenvalue weighted by Crippen LogP contribution is -2.49. The number of carbonyl (C=O) groups is 1. The monoisotopic (exact) mass is 509 g/mol. The summed E-state index contributed by atoms with van der Waals surface area (Å²) in [6.07, 6.45) is -3.30. The Morgan fingerprint density at radius 1 is 1.03 bits per heavy atom. The van der Waals surface area contributed by atoms with Crippen LogP contribution in [0.5, 0.6) is 0 Å². The van der Waals surface area contributed by atoms with Crippen LogP contribution in [0.1, 0.15) is 21.6 Å². The van der Waals surface area contributed by atoms with Crippen LogP contribution in [0.3, 0.4) is 0 Å². The molecule has 1 amide bonds. The zero-order chi connectivity index (χ0) is 24.7. The summed E-state index contributed by atoms with van der Waals surface area (Å²) in [6.45, 7) is 3.41. The maximum absolute atomic E-state index is 13.4. The number of alkyl halides is 3. The molecule has 4 rings (SSSR count). The Morgan fingerprint density at radius 2 is 1.68 bits per heavy atom. The minimum Gasteiger partial charge on any atom is -0.368 e. The van der Waals surface area contributed by atoms with Gasteiger partial charge in [0.25, 0.3) is 5.91 Å². The first kappa shape index (κ1) is 24.2. The average Bonchev–Trinajstić information content (AvgIpc) is 3.23. The topological polar surface area (TPSA) is 70.6 Å². The molecule has 1 aliphatic rings. The summed E-state index contributed by atoms with van der Waals surface area (Å²) < 4.78 is 62.7. The number of nitrogens with zero attached hydrogens (tertiary/aromatic N) is 3. The summed E-state index contributed by atoms with van der Waals surface area (Å²) in [4.78, 5) is 21.5. The van der Waals surface area contributed by atoms with E-state index in [0.29, 0.717) is 42.4 Å². The molecule has 1 aliphatic heterocycles. The Bertz CT molecular complexity index is 1310. The quantitative estimate of drug-likeness (QED) is 0.518. The molecular weight excluding hydrogens is 487 g/mol. The lowest BCUT2D eigenvalue weighted by Gasteiger charge is -2.36. The molecular formula is C23H22F3N3O3S2. The third-order valence-electron chi connectivity index (χ3n) is 5.63. The molecule has 1 aromatic heterocycles. The highest BCUT2D eigenvalue weighted by Crippen LogP contribution is 2.32. The normalized spacial score (nSPS) is 15.0. The molecule has 0 bridgehead atoms. The van der Waals surface area contributed by atoms with E-state index < -0.39 is 21.6 Å². The van der Waals surface area contributed by atoms with Gasteiger partial charge in [-0.25, -0.2) is 13.4 Å². The van der Waals surface area contributed by atoms with Gasteiger partial charge >= 0.3 is 6.18 Å². The van der Waals surface area contributed by atoms with Crippen LogP contribution in [0.4, 0.5) is 18.9 Å². The maximum Gasteiger partial charge on any atom is 0.416 e. The number of hydrogen-bond acceptors (Lipinski definition) is 6. The fourth-order valence-electron chi connectivity index (χ4n) is 3.79. The highest BCUT2D eigenvalue weighted by atomic mass is 32.2. The summed E-state index contributed by atoms with van der Waals surface area (Å²) in [5.74, 6) is -0.305. The predicted molar refractivity (Wildman–Crippen MR) is 125 cm³/mol. The van der Waals surface area contributed by atoms with Gasteiger partial charge in [0.2, 0.25) is 0 Å². The van der Waals surface area contributed by atoms with Crippen molar-refractivity contribution in [2.75, 3.05) is 37.3 Å². The molecule has 1 saturated heterocycles. The zero-order valence-corrected chi connectivity index (χ0v) is 20.1. The Labute approximate surface area is 199 Å². The second kappa shape index (κ2) is 9.03. The maximum atomic E-state index is 13.4. The lowest BCUT2D eigenvalue weighted by atomic mass is 10.1. The van der Waals surface area contributed by atoms with E-state index in [-0.39, 0.29) is 16.4 Å². The van der Waals surface area contributed by atoms with E-state index in [1.807, 2.05) is 17.2 Å². The number of aryl methyl sites for hydroxylation is 1. The first-order valence-corrected chi connectivity index (χ1v) is 13.2. The molecule has 3 aromatic rings. The number of benzene rings is 2. The molecule has 1 fully saturated rings. The Hall–Kier alpha value is -2.92. The molecule has 0 saturated carbocycles. The van der Waals surface area contributed by atoms with Gasteiger partial charge in [0.05, 0.1) is 16.0 Å². The van der Waals surface area contributed by atoms with E-state index in [0.717, 1.165) is 24.1 Å². The molecule has 0 unspecified atom stereocenters. The van der Waals surface area contributed by atoms with Gasteiger partial charge in [-0.3, -0.25) is 4.79 Å². The first-order valence-electron chi connectivity index (χ1n) is 10.4. The van der Waals surface area contributed by atoms with Crippen molar-refractivity contribution in [3.63, 3.8) is 0 Å². The van der Waals surface area contributed by atoms with Crippen molar-refractivity contribution in [2.45, 2.75) is 18.0 Å². The number of sulfone groups is 1. The molecule has 0 radical (unpaired) electrons. The van der Waals surface area contributed by atoms with Gasteiger partial charge in [0, 0.05) is 54.8 Å². The van der Waals surface area contributed by atoms with Crippen molar-refractivity contribution in [2.24, 2.45) is 0 Å². The molecule has 34 heavy (non-hydrogen) atoms. The summed E-state index contributed by atoms with van der Waals surface area (Å²) in [5, 5.41) is 2.49. The van der Waals surface area contributed by atoms with Crippen molar-refractivity contribution in [1.29, 1.82) is 0 Å². The second-order valence-electron chi connectivity index (χ2n) is 8.10. The van der Waals surface area contributed by atoms with E-state index in [1.54, 1.807) is 11.0 Å². The van der Waals surface area contributed by atoms with Gasteiger partial charge in [-0.1, -0.05) is 0 Å². The largest absolute Gasteiger partial charge is 0.416 e. The molecule has 0 N–H and O–H groups in total. The highest BCUT2D eigenvalue weighted by Gasteiger charge is 2.31. The first-order chi connectivity index (χ1) is 15.9. The average molecular weight is 510 g/mol. The molecule has 2 heterocycles. The minimum absolute atomic E-state index is 0.0521. The van der Waals surface area contributed by atoms with Crippen LogP contribution in [0, 0.1) is 6.92 Å². The molecule has 0 aliphatic carbocycles. The molecule has 0 spiro atoms. The SMILES string of the molecule is Cc1csc(-c2ccc(S(C)(=O)=O)cc2C(=O)N2CCN(c3ccc(C(F)(F)F)cc3)CC2)n1. The van der Waals surface area contributed by atoms with Crippen LogP contribution in [0.15, 0.2) is 52.7 Å². The summed E-state index contributed by atoms with van der Waals surface area (Å²) in [5.41, 5.74) is 1.58. The summed E-state index contributed by atoms with van der Waals surface area (Å²) in [7, 11) is -3.52. The molecule has 0 atom stereocenters. The Morgan fingerprint density at radius 3 is 2.21 bits per heavy atom. The third kappa shape index (κ3) is 5.10. The van der Waals surface area contributed by atoms with Gasteiger partial charge in [-0.15, -0.1) is 11.3 Å². The standard InChI is InChI=1S/C23H22F3N3O3S2/c1-15-14-33-21(27-15)19-8-7-18(34(2,31)32)13-20(19)22(30)29-11-9-28(10-12-29)17-5-3-16(4-6-17)23(24,25)26/h3-8,13-14H,9-12H2,1-2H3. The van der Waals surface area contributed by atoms with Crippen LogP contribution in [-0.4, -0.2) is 56.6 Å². The minimum atomic E-state index is -4.39. The molecule has 2 aromatic carbocycles. The Balaban J connectivity index is 1.55. The number of carbonyl (C=O) groups excluding carboxylic acids is 1. The number of anilines is 1. The number of amides is 1.